The van der Waals surface area contributed by atoms with E-state index in [1.807, 2.05) is 5.01 Å². The summed E-state index contributed by atoms with van der Waals surface area (Å²) in [5.41, 5.74) is 1.82. The predicted molar refractivity (Wildman–Crippen MR) is 113 cm³/mol. The zero-order chi connectivity index (χ0) is 18.2. The van der Waals surface area contributed by atoms with Gasteiger partial charge in [-0.05, 0) is 75.7 Å². The summed E-state index contributed by atoms with van der Waals surface area (Å²) < 4.78 is 0. The van der Waals surface area contributed by atoms with Gasteiger partial charge in [0.05, 0.1) is 11.2 Å². The molecule has 6 heteroatoms. The molecule has 2 saturated heterocycles. The number of benzene rings is 1. The molecule has 0 bridgehead atoms. The number of hydrogen-bond donors (Lipinski definition) is 2. The van der Waals surface area contributed by atoms with Crippen LogP contribution in [0.15, 0.2) is 24.3 Å². The van der Waals surface area contributed by atoms with E-state index < -0.39 is 0 Å². The van der Waals surface area contributed by atoms with Gasteiger partial charge in [-0.2, -0.15) is 0 Å². The molecule has 2 fully saturated rings. The molecule has 2 heterocycles. The molecule has 3 rings (SSSR count). The van der Waals surface area contributed by atoms with E-state index in [4.69, 9.17) is 24.4 Å². The number of anilines is 1. The first kappa shape index (κ1) is 18.4. The maximum atomic E-state index is 5.62. The van der Waals surface area contributed by atoms with Gasteiger partial charge in [0, 0.05) is 0 Å². The molecule has 0 aliphatic carbocycles. The average molecular weight is 377 g/mol. The number of hydrazine groups is 1. The molecular weight excluding hydrogens is 348 g/mol. The Labute approximate surface area is 161 Å². The Morgan fingerprint density at radius 3 is 2.24 bits per heavy atom. The van der Waals surface area contributed by atoms with Crippen molar-refractivity contribution in [1.29, 1.82) is 0 Å². The third kappa shape index (κ3) is 3.10. The monoisotopic (exact) mass is 376 g/mol. The second-order valence-corrected chi connectivity index (χ2v) is 8.43. The summed E-state index contributed by atoms with van der Waals surface area (Å²) in [5.74, 6) is 0. The highest BCUT2D eigenvalue weighted by molar-refractivity contribution is 7.81. The number of hydrogen-bond acceptors (Lipinski definition) is 2. The normalized spacial score (nSPS) is 24.3. The van der Waals surface area contributed by atoms with Crippen LogP contribution in [0.4, 0.5) is 5.69 Å². The van der Waals surface area contributed by atoms with Crippen LogP contribution in [0.5, 0.6) is 0 Å². The lowest BCUT2D eigenvalue weighted by atomic mass is 9.91. The van der Waals surface area contributed by atoms with Crippen molar-refractivity contribution in [2.24, 2.45) is 0 Å². The van der Waals surface area contributed by atoms with Crippen molar-refractivity contribution in [2.75, 3.05) is 5.01 Å². The van der Waals surface area contributed by atoms with Crippen molar-refractivity contribution in [3.8, 4) is 0 Å². The fourth-order valence-electron chi connectivity index (χ4n) is 3.55. The number of fused-ring (bicyclic) bond motifs is 1. The Morgan fingerprint density at radius 2 is 1.60 bits per heavy atom. The Morgan fingerprint density at radius 1 is 0.920 bits per heavy atom. The van der Waals surface area contributed by atoms with Crippen LogP contribution in [0.3, 0.4) is 0 Å². The van der Waals surface area contributed by atoms with Gasteiger partial charge in [-0.3, -0.25) is 0 Å². The van der Waals surface area contributed by atoms with E-state index in [-0.39, 0.29) is 11.2 Å². The summed E-state index contributed by atoms with van der Waals surface area (Å²) in [6.45, 7) is 8.65. The van der Waals surface area contributed by atoms with Crippen LogP contribution in [0.1, 0.15) is 58.9 Å². The highest BCUT2D eigenvalue weighted by Crippen LogP contribution is 2.39. The summed E-state index contributed by atoms with van der Waals surface area (Å²) in [5, 5.41) is 12.3. The molecule has 1 atom stereocenters. The molecule has 25 heavy (non-hydrogen) atoms. The summed E-state index contributed by atoms with van der Waals surface area (Å²) >= 11 is 11.2. The van der Waals surface area contributed by atoms with Crippen LogP contribution in [-0.4, -0.2) is 26.4 Å². The topological polar surface area (TPSA) is 30.5 Å². The molecule has 2 aliphatic rings. The van der Waals surface area contributed by atoms with Crippen LogP contribution in [0, 0.1) is 0 Å². The van der Waals surface area contributed by atoms with Crippen molar-refractivity contribution in [1.82, 2.24) is 15.6 Å². The summed E-state index contributed by atoms with van der Waals surface area (Å²) in [6, 6.07) is 8.69. The molecule has 0 amide bonds. The van der Waals surface area contributed by atoms with E-state index in [1.165, 1.54) is 31.2 Å². The van der Waals surface area contributed by atoms with Gasteiger partial charge in [0.25, 0.3) is 0 Å². The lowest BCUT2D eigenvalue weighted by Crippen LogP contribution is -2.60. The summed E-state index contributed by atoms with van der Waals surface area (Å²) in [4.78, 5) is 0. The minimum atomic E-state index is -0.375. The van der Waals surface area contributed by atoms with E-state index in [0.717, 1.165) is 12.1 Å². The number of nitrogens with one attached hydrogen (secondary N) is 2. The van der Waals surface area contributed by atoms with Gasteiger partial charge >= 0.3 is 0 Å². The Bertz CT molecular complexity index is 671. The maximum Gasteiger partial charge on any atom is 0.194 e. The lowest BCUT2D eigenvalue weighted by Gasteiger charge is -2.37. The third-order valence-electron chi connectivity index (χ3n) is 5.50. The lowest BCUT2D eigenvalue weighted by molar-refractivity contribution is 0.156. The van der Waals surface area contributed by atoms with Gasteiger partial charge in [0.15, 0.2) is 15.9 Å². The quantitative estimate of drug-likeness (QED) is 0.574. The predicted octanol–water partition coefficient (Wildman–Crippen LogP) is 4.10. The second kappa shape index (κ2) is 6.72. The van der Waals surface area contributed by atoms with E-state index in [1.54, 1.807) is 0 Å². The molecule has 0 aromatic heterocycles. The number of nitrogens with zero attached hydrogens (tertiary/aromatic N) is 2. The SMILES string of the molecule is CCCCCCc1ccc(N2C(=S)NC3(C)N2C(=S)NC3(C)C)cc1. The van der Waals surface area contributed by atoms with Crippen LogP contribution in [0.25, 0.3) is 0 Å². The van der Waals surface area contributed by atoms with E-state index in [0.29, 0.717) is 10.2 Å². The highest BCUT2D eigenvalue weighted by Gasteiger charge is 2.60. The smallest absolute Gasteiger partial charge is 0.194 e. The highest BCUT2D eigenvalue weighted by atomic mass is 32.1. The van der Waals surface area contributed by atoms with Gasteiger partial charge in [0.1, 0.15) is 0 Å². The van der Waals surface area contributed by atoms with Crippen molar-refractivity contribution in [3.63, 3.8) is 0 Å². The molecule has 4 nitrogen and oxygen atoms in total. The molecule has 0 spiro atoms. The number of unbranched alkanes of at least 4 members (excludes halogenated alkanes) is 3. The molecule has 0 radical (unpaired) electrons. The summed E-state index contributed by atoms with van der Waals surface area (Å²) in [7, 11) is 0. The minimum Gasteiger partial charge on any atom is -0.352 e. The molecular formula is C19H28N4S2. The number of aryl methyl sites for hydroxylation is 1. The number of thiocarbonyl (C=S) groups is 2. The number of rotatable bonds is 6. The summed E-state index contributed by atoms with van der Waals surface area (Å²) in [6.07, 6.45) is 6.29. The standard InChI is InChI=1S/C19H28N4S2/c1-5-6-7-8-9-14-10-12-15(13-11-14)22-16(24)21-19(4)18(2,3)20-17(25)23(19)22/h10-13H,5-9H2,1-4H3,(H,20,25)(H,21,24). The molecule has 1 aromatic carbocycles. The maximum absolute atomic E-state index is 5.62. The van der Waals surface area contributed by atoms with E-state index >= 15 is 0 Å². The fourth-order valence-corrected chi connectivity index (χ4v) is 4.46. The molecule has 1 unspecified atom stereocenters. The van der Waals surface area contributed by atoms with Gasteiger partial charge in [-0.15, -0.1) is 0 Å². The first-order valence-electron chi connectivity index (χ1n) is 9.13. The van der Waals surface area contributed by atoms with Crippen molar-refractivity contribution in [3.05, 3.63) is 29.8 Å². The first-order chi connectivity index (χ1) is 11.8. The van der Waals surface area contributed by atoms with Crippen LogP contribution < -0.4 is 15.6 Å². The Balaban J connectivity index is 1.78. The largest absolute Gasteiger partial charge is 0.352 e. The van der Waals surface area contributed by atoms with Crippen LogP contribution in [-0.2, 0) is 6.42 Å². The third-order valence-corrected chi connectivity index (χ3v) is 6.05. The minimum absolute atomic E-state index is 0.220. The van der Waals surface area contributed by atoms with E-state index in [2.05, 4.69) is 67.6 Å². The molecule has 1 aromatic rings. The zero-order valence-electron chi connectivity index (χ0n) is 15.6. The van der Waals surface area contributed by atoms with Gasteiger partial charge in [-0.25, -0.2) is 10.0 Å². The van der Waals surface area contributed by atoms with Crippen molar-refractivity contribution < 1.29 is 0 Å². The van der Waals surface area contributed by atoms with Crippen LogP contribution in [0.2, 0.25) is 0 Å². The van der Waals surface area contributed by atoms with Crippen LogP contribution >= 0.6 is 24.4 Å². The first-order valence-corrected chi connectivity index (χ1v) is 9.95. The van der Waals surface area contributed by atoms with Gasteiger partial charge < -0.3 is 10.6 Å². The fraction of sp³-hybridized carbons (Fsp3) is 0.579. The Hall–Kier alpha value is -1.40. The second-order valence-electron chi connectivity index (χ2n) is 7.66. The molecule has 0 saturated carbocycles. The van der Waals surface area contributed by atoms with E-state index in [9.17, 15) is 0 Å². The Kier molecular flexibility index (Phi) is 4.95. The zero-order valence-corrected chi connectivity index (χ0v) is 17.2. The van der Waals surface area contributed by atoms with Gasteiger partial charge in [-0.1, -0.05) is 38.3 Å². The van der Waals surface area contributed by atoms with Crippen molar-refractivity contribution >= 4 is 40.3 Å². The molecule has 2 aliphatic heterocycles. The molecule has 136 valence electrons. The average Bonchev–Trinajstić information content (AvgIpc) is 2.92. The van der Waals surface area contributed by atoms with Gasteiger partial charge in [0.2, 0.25) is 0 Å². The van der Waals surface area contributed by atoms with Crippen molar-refractivity contribution in [2.45, 2.75) is 71.0 Å². The molecule has 2 N–H and O–H groups in total.